The first kappa shape index (κ1) is 16.3. The average Bonchev–Trinajstić information content (AvgIpc) is 3.27. The number of carbonyl (C=O) groups is 2. The van der Waals surface area contributed by atoms with Crippen molar-refractivity contribution in [2.75, 3.05) is 0 Å². The maximum atomic E-state index is 12.3. The van der Waals surface area contributed by atoms with Gasteiger partial charge in [0.2, 0.25) is 0 Å². The van der Waals surface area contributed by atoms with Crippen molar-refractivity contribution in [3.8, 4) is 10.6 Å². The molecule has 0 spiro atoms. The van der Waals surface area contributed by atoms with Gasteiger partial charge in [-0.1, -0.05) is 5.21 Å². The van der Waals surface area contributed by atoms with Gasteiger partial charge in [0.05, 0.1) is 33.9 Å². The highest BCUT2D eigenvalue weighted by Crippen LogP contribution is 2.28. The van der Waals surface area contributed by atoms with Crippen molar-refractivity contribution in [2.45, 2.75) is 19.5 Å². The molecule has 24 heavy (non-hydrogen) atoms. The van der Waals surface area contributed by atoms with Gasteiger partial charge in [-0.2, -0.15) is 0 Å². The van der Waals surface area contributed by atoms with Crippen molar-refractivity contribution < 1.29 is 14.7 Å². The Balaban J connectivity index is 1.71. The molecule has 3 rings (SSSR count). The van der Waals surface area contributed by atoms with Gasteiger partial charge in [0.15, 0.2) is 0 Å². The summed E-state index contributed by atoms with van der Waals surface area (Å²) < 4.78 is 1.36. The summed E-state index contributed by atoms with van der Waals surface area (Å²) in [5.41, 5.74) is 1.23. The molecule has 8 nitrogen and oxygen atoms in total. The molecule has 124 valence electrons. The first-order valence-electron chi connectivity index (χ1n) is 6.91. The Morgan fingerprint density at radius 3 is 2.83 bits per heavy atom. The van der Waals surface area contributed by atoms with Crippen LogP contribution in [0, 0.1) is 6.92 Å². The van der Waals surface area contributed by atoms with Crippen LogP contribution in [0.4, 0.5) is 0 Å². The molecular weight excluding hydrogens is 350 g/mol. The van der Waals surface area contributed by atoms with Gasteiger partial charge in [-0.25, -0.2) is 14.5 Å². The van der Waals surface area contributed by atoms with Crippen LogP contribution in [-0.4, -0.2) is 43.0 Å². The van der Waals surface area contributed by atoms with E-state index in [1.54, 1.807) is 11.4 Å². The SMILES string of the molecule is Cc1nc(-c2cc(C(=O)NC(Cn3ccnn3)C(=O)O)cs2)cs1. The summed E-state index contributed by atoms with van der Waals surface area (Å²) in [6.07, 6.45) is 2.98. The van der Waals surface area contributed by atoms with Gasteiger partial charge in [0.25, 0.3) is 5.91 Å². The van der Waals surface area contributed by atoms with E-state index in [0.717, 1.165) is 15.6 Å². The Kier molecular flexibility index (Phi) is 4.67. The molecule has 0 saturated heterocycles. The number of carboxylic acid groups (broad SMARTS) is 1. The molecule has 3 aromatic heterocycles. The van der Waals surface area contributed by atoms with E-state index in [9.17, 15) is 14.7 Å². The lowest BCUT2D eigenvalue weighted by Gasteiger charge is -2.13. The summed E-state index contributed by atoms with van der Waals surface area (Å²) in [7, 11) is 0. The highest BCUT2D eigenvalue weighted by molar-refractivity contribution is 7.14. The van der Waals surface area contributed by atoms with Crippen LogP contribution < -0.4 is 5.32 Å². The zero-order chi connectivity index (χ0) is 17.1. The van der Waals surface area contributed by atoms with Crippen LogP contribution in [0.25, 0.3) is 10.6 Å². The van der Waals surface area contributed by atoms with E-state index >= 15 is 0 Å². The van der Waals surface area contributed by atoms with E-state index < -0.39 is 17.9 Å². The molecule has 0 aliphatic rings. The Morgan fingerprint density at radius 1 is 1.38 bits per heavy atom. The summed E-state index contributed by atoms with van der Waals surface area (Å²) in [6.45, 7) is 1.92. The highest BCUT2D eigenvalue weighted by Gasteiger charge is 2.22. The van der Waals surface area contributed by atoms with E-state index in [0.29, 0.717) is 5.56 Å². The summed E-state index contributed by atoms with van der Waals surface area (Å²) in [4.78, 5) is 28.9. The first-order chi connectivity index (χ1) is 11.5. The minimum atomic E-state index is -1.13. The van der Waals surface area contributed by atoms with Gasteiger partial charge >= 0.3 is 5.97 Å². The van der Waals surface area contributed by atoms with E-state index in [-0.39, 0.29) is 6.54 Å². The highest BCUT2D eigenvalue weighted by atomic mass is 32.1. The van der Waals surface area contributed by atoms with Gasteiger partial charge in [-0.15, -0.1) is 27.8 Å². The number of thiophene rings is 1. The number of aromatic nitrogens is 4. The number of amides is 1. The fourth-order valence-electron chi connectivity index (χ4n) is 2.01. The van der Waals surface area contributed by atoms with E-state index in [2.05, 4.69) is 20.6 Å². The molecule has 10 heteroatoms. The third-order valence-electron chi connectivity index (χ3n) is 3.18. The molecule has 0 radical (unpaired) electrons. The molecular formula is C14H13N5O3S2. The molecule has 1 atom stereocenters. The van der Waals surface area contributed by atoms with E-state index in [4.69, 9.17) is 0 Å². The minimum Gasteiger partial charge on any atom is -0.480 e. The zero-order valence-electron chi connectivity index (χ0n) is 12.5. The average molecular weight is 363 g/mol. The second kappa shape index (κ2) is 6.89. The van der Waals surface area contributed by atoms with Crippen LogP contribution in [0.15, 0.2) is 29.2 Å². The second-order valence-electron chi connectivity index (χ2n) is 4.94. The topological polar surface area (TPSA) is 110 Å². The molecule has 0 saturated carbocycles. The molecule has 0 aromatic carbocycles. The van der Waals surface area contributed by atoms with Gasteiger partial charge < -0.3 is 10.4 Å². The van der Waals surface area contributed by atoms with Gasteiger partial charge in [0, 0.05) is 17.0 Å². The fourth-order valence-corrected chi connectivity index (χ4v) is 3.55. The van der Waals surface area contributed by atoms with Crippen molar-refractivity contribution in [3.05, 3.63) is 39.8 Å². The number of aryl methyl sites for hydroxylation is 1. The van der Waals surface area contributed by atoms with Crippen LogP contribution in [0.1, 0.15) is 15.4 Å². The Bertz CT molecular complexity index is 856. The number of thiazole rings is 1. The lowest BCUT2D eigenvalue weighted by molar-refractivity contribution is -0.139. The zero-order valence-corrected chi connectivity index (χ0v) is 14.2. The van der Waals surface area contributed by atoms with Crippen molar-refractivity contribution >= 4 is 34.6 Å². The van der Waals surface area contributed by atoms with Crippen molar-refractivity contribution in [1.29, 1.82) is 0 Å². The molecule has 0 fully saturated rings. The van der Waals surface area contributed by atoms with Crippen molar-refractivity contribution in [2.24, 2.45) is 0 Å². The summed E-state index contributed by atoms with van der Waals surface area (Å²) >= 11 is 2.93. The molecule has 1 amide bonds. The van der Waals surface area contributed by atoms with Crippen LogP contribution >= 0.6 is 22.7 Å². The molecule has 0 aliphatic carbocycles. The predicted molar refractivity (Wildman–Crippen MR) is 89.1 cm³/mol. The molecule has 0 aliphatic heterocycles. The van der Waals surface area contributed by atoms with Gasteiger partial charge in [-0.05, 0) is 13.0 Å². The van der Waals surface area contributed by atoms with Gasteiger partial charge in [-0.3, -0.25) is 4.79 Å². The van der Waals surface area contributed by atoms with Crippen LogP contribution in [-0.2, 0) is 11.3 Å². The van der Waals surface area contributed by atoms with Crippen LogP contribution in [0.3, 0.4) is 0 Å². The number of nitrogens with one attached hydrogen (secondary N) is 1. The van der Waals surface area contributed by atoms with Crippen molar-refractivity contribution in [3.63, 3.8) is 0 Å². The number of carboxylic acids is 1. The normalized spacial score (nSPS) is 12.0. The van der Waals surface area contributed by atoms with Crippen molar-refractivity contribution in [1.82, 2.24) is 25.3 Å². The Morgan fingerprint density at radius 2 is 2.21 bits per heavy atom. The molecule has 3 heterocycles. The number of carbonyl (C=O) groups excluding carboxylic acids is 1. The lowest BCUT2D eigenvalue weighted by atomic mass is 10.2. The van der Waals surface area contributed by atoms with E-state index in [1.807, 2.05) is 12.3 Å². The predicted octanol–water partition coefficient (Wildman–Crippen LogP) is 1.65. The Labute approximate surface area is 144 Å². The second-order valence-corrected chi connectivity index (χ2v) is 6.91. The van der Waals surface area contributed by atoms with Crippen LogP contribution in [0.5, 0.6) is 0 Å². The largest absolute Gasteiger partial charge is 0.480 e. The monoisotopic (exact) mass is 363 g/mol. The third kappa shape index (κ3) is 3.66. The molecule has 2 N–H and O–H groups in total. The van der Waals surface area contributed by atoms with E-state index in [1.165, 1.54) is 39.7 Å². The summed E-state index contributed by atoms with van der Waals surface area (Å²) in [5, 5.41) is 23.7. The number of nitrogens with zero attached hydrogens (tertiary/aromatic N) is 4. The lowest BCUT2D eigenvalue weighted by Crippen LogP contribution is -2.43. The molecule has 0 bridgehead atoms. The maximum Gasteiger partial charge on any atom is 0.328 e. The fraction of sp³-hybridized carbons (Fsp3) is 0.214. The number of hydrogen-bond acceptors (Lipinski definition) is 7. The van der Waals surface area contributed by atoms with Crippen LogP contribution in [0.2, 0.25) is 0 Å². The number of rotatable bonds is 6. The standard InChI is InChI=1S/C14H13N5O3S2/c1-8-16-11(7-23-8)12-4-9(6-24-12)13(20)17-10(14(21)22)5-19-3-2-15-18-19/h2-4,6-7,10H,5H2,1H3,(H,17,20)(H,21,22). The molecule has 1 unspecified atom stereocenters. The number of aliphatic carboxylic acids is 1. The third-order valence-corrected chi connectivity index (χ3v) is 4.90. The van der Waals surface area contributed by atoms with Gasteiger partial charge in [0.1, 0.15) is 6.04 Å². The summed E-state index contributed by atoms with van der Waals surface area (Å²) in [6, 6.07) is 0.618. The Hall–Kier alpha value is -2.59. The smallest absolute Gasteiger partial charge is 0.328 e. The quantitative estimate of drug-likeness (QED) is 0.689. The minimum absolute atomic E-state index is 0.00332. The first-order valence-corrected chi connectivity index (χ1v) is 8.67. The summed E-state index contributed by atoms with van der Waals surface area (Å²) in [5.74, 6) is -1.58. The number of hydrogen-bond donors (Lipinski definition) is 2. The maximum absolute atomic E-state index is 12.3. The molecule has 3 aromatic rings.